The van der Waals surface area contributed by atoms with Crippen LogP contribution in [0.3, 0.4) is 0 Å². The molecular formula is C25H30BrN3O5S2. The minimum Gasteiger partial charge on any atom is -0.497 e. The SMILES string of the molecule is COc1ccc(S(=O)(=O)CCCC(=O)N(CCCN2CCOCC2)c2nc3ccc(Br)cc3s2)cc1. The molecule has 0 spiro atoms. The predicted octanol–water partition coefficient (Wildman–Crippen LogP) is 4.38. The molecule has 2 aromatic carbocycles. The Morgan fingerprint density at radius 2 is 1.92 bits per heavy atom. The Morgan fingerprint density at radius 3 is 2.64 bits per heavy atom. The van der Waals surface area contributed by atoms with Gasteiger partial charge < -0.3 is 9.47 Å². The fraction of sp³-hybridized carbons (Fsp3) is 0.440. The van der Waals surface area contributed by atoms with Crippen LogP contribution >= 0.6 is 27.3 Å². The molecule has 4 rings (SSSR count). The van der Waals surface area contributed by atoms with Crippen LogP contribution in [0.1, 0.15) is 19.3 Å². The third-order valence-electron chi connectivity index (χ3n) is 6.05. The van der Waals surface area contributed by atoms with Crippen molar-refractivity contribution < 1.29 is 22.7 Å². The molecule has 0 aliphatic carbocycles. The average Bonchev–Trinajstić information content (AvgIpc) is 3.29. The minimum absolute atomic E-state index is 0.0977. The quantitative estimate of drug-likeness (QED) is 0.325. The maximum absolute atomic E-state index is 13.3. The molecule has 1 aromatic heterocycles. The summed E-state index contributed by atoms with van der Waals surface area (Å²) in [7, 11) is -1.96. The summed E-state index contributed by atoms with van der Waals surface area (Å²) in [4.78, 5) is 22.3. The number of anilines is 1. The Labute approximate surface area is 224 Å². The highest BCUT2D eigenvalue weighted by Gasteiger charge is 2.22. The first kappa shape index (κ1) is 27.0. The van der Waals surface area contributed by atoms with Gasteiger partial charge in [-0.2, -0.15) is 0 Å². The molecule has 0 bridgehead atoms. The Bertz CT molecular complexity index is 1270. The molecule has 0 unspecified atom stereocenters. The van der Waals surface area contributed by atoms with Crippen molar-refractivity contribution in [2.45, 2.75) is 24.2 Å². The number of methoxy groups -OCH3 is 1. The first-order valence-corrected chi connectivity index (χ1v) is 15.2. The van der Waals surface area contributed by atoms with Gasteiger partial charge in [0.25, 0.3) is 0 Å². The van der Waals surface area contributed by atoms with E-state index in [9.17, 15) is 13.2 Å². The Balaban J connectivity index is 1.42. The van der Waals surface area contributed by atoms with E-state index in [1.54, 1.807) is 17.0 Å². The number of ether oxygens (including phenoxy) is 2. The van der Waals surface area contributed by atoms with Gasteiger partial charge in [0.2, 0.25) is 5.91 Å². The van der Waals surface area contributed by atoms with Crippen molar-refractivity contribution in [2.24, 2.45) is 0 Å². The predicted molar refractivity (Wildman–Crippen MR) is 146 cm³/mol. The van der Waals surface area contributed by atoms with E-state index in [0.29, 0.717) is 17.4 Å². The summed E-state index contributed by atoms with van der Waals surface area (Å²) in [5, 5.41) is 0.646. The summed E-state index contributed by atoms with van der Waals surface area (Å²) in [6.07, 6.45) is 1.17. The fourth-order valence-corrected chi connectivity index (χ4v) is 6.93. The van der Waals surface area contributed by atoms with Crippen molar-refractivity contribution in [3.63, 3.8) is 0 Å². The van der Waals surface area contributed by atoms with E-state index in [1.165, 1.54) is 30.6 Å². The Kier molecular flexibility index (Phi) is 9.35. The summed E-state index contributed by atoms with van der Waals surface area (Å²) < 4.78 is 38.0. The van der Waals surface area contributed by atoms with Crippen LogP contribution in [-0.2, 0) is 19.4 Å². The monoisotopic (exact) mass is 595 g/mol. The summed E-state index contributed by atoms with van der Waals surface area (Å²) in [5.41, 5.74) is 0.839. The molecule has 1 aliphatic rings. The normalized spacial score (nSPS) is 14.7. The van der Waals surface area contributed by atoms with Gasteiger partial charge in [0.05, 0.1) is 41.2 Å². The number of sulfone groups is 1. The lowest BCUT2D eigenvalue weighted by Crippen LogP contribution is -2.39. The maximum atomic E-state index is 13.3. The number of nitrogens with zero attached hydrogens (tertiary/aromatic N) is 3. The van der Waals surface area contributed by atoms with Gasteiger partial charge in [0.15, 0.2) is 15.0 Å². The van der Waals surface area contributed by atoms with Crippen LogP contribution in [0.5, 0.6) is 5.75 Å². The summed E-state index contributed by atoms with van der Waals surface area (Å²) >= 11 is 4.97. The van der Waals surface area contributed by atoms with Gasteiger partial charge >= 0.3 is 0 Å². The van der Waals surface area contributed by atoms with Crippen LogP contribution in [0, 0.1) is 0 Å². The first-order valence-electron chi connectivity index (χ1n) is 11.9. The van der Waals surface area contributed by atoms with Crippen LogP contribution in [0.4, 0.5) is 5.13 Å². The average molecular weight is 597 g/mol. The van der Waals surface area contributed by atoms with Crippen LogP contribution < -0.4 is 9.64 Å². The van der Waals surface area contributed by atoms with Gasteiger partial charge in [0, 0.05) is 37.1 Å². The number of carbonyl (C=O) groups excluding carboxylic acids is 1. The van der Waals surface area contributed by atoms with Crippen LogP contribution in [0.15, 0.2) is 51.8 Å². The van der Waals surface area contributed by atoms with E-state index in [2.05, 4.69) is 20.8 Å². The smallest absolute Gasteiger partial charge is 0.228 e. The molecule has 0 saturated carbocycles. The largest absolute Gasteiger partial charge is 0.497 e. The molecule has 0 N–H and O–H groups in total. The molecule has 11 heteroatoms. The summed E-state index contributed by atoms with van der Waals surface area (Å²) in [6.45, 7) is 4.66. The number of hydrogen-bond acceptors (Lipinski definition) is 8. The number of fused-ring (bicyclic) bond motifs is 1. The lowest BCUT2D eigenvalue weighted by Gasteiger charge is -2.27. The highest BCUT2D eigenvalue weighted by molar-refractivity contribution is 9.10. The van der Waals surface area contributed by atoms with E-state index in [1.807, 2.05) is 18.2 Å². The van der Waals surface area contributed by atoms with E-state index < -0.39 is 9.84 Å². The molecule has 3 aromatic rings. The summed E-state index contributed by atoms with van der Waals surface area (Å²) in [5.74, 6) is 0.388. The van der Waals surface area contributed by atoms with Crippen LogP contribution in [-0.4, -0.2) is 76.5 Å². The molecule has 1 fully saturated rings. The van der Waals surface area contributed by atoms with Gasteiger partial charge in [-0.1, -0.05) is 27.3 Å². The topological polar surface area (TPSA) is 89.0 Å². The van der Waals surface area contributed by atoms with Gasteiger partial charge in [-0.05, 0) is 55.3 Å². The highest BCUT2D eigenvalue weighted by atomic mass is 79.9. The van der Waals surface area contributed by atoms with Crippen molar-refractivity contribution in [3.05, 3.63) is 46.9 Å². The van der Waals surface area contributed by atoms with Crippen molar-refractivity contribution in [1.29, 1.82) is 0 Å². The second kappa shape index (κ2) is 12.5. The lowest BCUT2D eigenvalue weighted by atomic mass is 10.2. The number of morpholine rings is 1. The Morgan fingerprint density at radius 1 is 1.17 bits per heavy atom. The zero-order chi connectivity index (χ0) is 25.5. The van der Waals surface area contributed by atoms with Crippen molar-refractivity contribution >= 4 is 58.4 Å². The second-order valence-electron chi connectivity index (χ2n) is 8.56. The molecule has 2 heterocycles. The van der Waals surface area contributed by atoms with E-state index in [-0.39, 0.29) is 29.4 Å². The number of amides is 1. The molecule has 0 radical (unpaired) electrons. The number of hydrogen-bond donors (Lipinski definition) is 0. The zero-order valence-electron chi connectivity index (χ0n) is 20.2. The number of halogens is 1. The number of thiazole rings is 1. The van der Waals surface area contributed by atoms with E-state index in [4.69, 9.17) is 14.5 Å². The standard InChI is InChI=1S/C25H30BrN3O5S2/c1-33-20-6-8-21(9-7-20)36(31,32)17-2-4-24(30)29(12-3-11-28-13-15-34-16-14-28)25-27-22-10-5-19(26)18-23(22)35-25/h5-10,18H,2-4,11-17H2,1H3. The summed E-state index contributed by atoms with van der Waals surface area (Å²) in [6, 6.07) is 12.2. The van der Waals surface area contributed by atoms with Crippen molar-refractivity contribution in [1.82, 2.24) is 9.88 Å². The number of aromatic nitrogens is 1. The van der Waals surface area contributed by atoms with Crippen LogP contribution in [0.2, 0.25) is 0 Å². The van der Waals surface area contributed by atoms with Crippen LogP contribution in [0.25, 0.3) is 10.2 Å². The molecule has 36 heavy (non-hydrogen) atoms. The molecule has 194 valence electrons. The maximum Gasteiger partial charge on any atom is 0.228 e. The fourth-order valence-electron chi connectivity index (χ4n) is 4.06. The van der Waals surface area contributed by atoms with E-state index >= 15 is 0 Å². The van der Waals surface area contributed by atoms with Crippen molar-refractivity contribution in [3.8, 4) is 5.75 Å². The molecule has 1 aliphatic heterocycles. The third kappa shape index (κ3) is 7.04. The number of carbonyl (C=O) groups is 1. The van der Waals surface area contributed by atoms with Gasteiger partial charge in [0.1, 0.15) is 5.75 Å². The molecular weight excluding hydrogens is 566 g/mol. The van der Waals surface area contributed by atoms with Crippen molar-refractivity contribution in [2.75, 3.05) is 57.2 Å². The highest BCUT2D eigenvalue weighted by Crippen LogP contribution is 2.31. The lowest BCUT2D eigenvalue weighted by molar-refractivity contribution is -0.118. The van der Waals surface area contributed by atoms with E-state index in [0.717, 1.165) is 54.0 Å². The number of benzene rings is 2. The zero-order valence-corrected chi connectivity index (χ0v) is 23.4. The number of rotatable bonds is 11. The van der Waals surface area contributed by atoms with Gasteiger partial charge in [-0.3, -0.25) is 14.6 Å². The first-order chi connectivity index (χ1) is 17.4. The Hall–Kier alpha value is -2.05. The molecule has 8 nitrogen and oxygen atoms in total. The third-order valence-corrected chi connectivity index (χ3v) is 9.40. The molecule has 1 amide bonds. The van der Waals surface area contributed by atoms with Gasteiger partial charge in [-0.15, -0.1) is 0 Å². The minimum atomic E-state index is -3.49. The molecule has 0 atom stereocenters. The van der Waals surface area contributed by atoms with Gasteiger partial charge in [-0.25, -0.2) is 13.4 Å². The second-order valence-corrected chi connectivity index (χ2v) is 12.6. The molecule has 1 saturated heterocycles.